The van der Waals surface area contributed by atoms with Crippen LogP contribution < -0.4 is 0 Å². The van der Waals surface area contributed by atoms with Crippen LogP contribution in [0.25, 0.3) is 0 Å². The molecule has 1 atom stereocenters. The van der Waals surface area contributed by atoms with Gasteiger partial charge in [-0.25, -0.2) is 0 Å². The van der Waals surface area contributed by atoms with E-state index in [4.69, 9.17) is 17.3 Å². The molecule has 0 aliphatic carbocycles. The van der Waals surface area contributed by atoms with E-state index < -0.39 is 0 Å². The summed E-state index contributed by atoms with van der Waals surface area (Å²) in [7, 11) is 0. The SMILES string of the molecule is CCC(=S)C(O)CC. The number of thiocarbonyl (C=S) groups is 1. The van der Waals surface area contributed by atoms with Crippen LogP contribution in [0.15, 0.2) is 0 Å². The predicted octanol–water partition coefficient (Wildman–Crippen LogP) is 1.54. The van der Waals surface area contributed by atoms with Crippen molar-refractivity contribution in [3.05, 3.63) is 0 Å². The molecule has 8 heavy (non-hydrogen) atoms. The van der Waals surface area contributed by atoms with Crippen LogP contribution in [-0.2, 0) is 0 Å². The molecule has 0 aromatic carbocycles. The second-order valence-corrected chi connectivity index (χ2v) is 2.27. The van der Waals surface area contributed by atoms with Gasteiger partial charge in [0, 0.05) is 4.86 Å². The third-order valence-electron chi connectivity index (χ3n) is 1.11. The molecule has 0 amide bonds. The van der Waals surface area contributed by atoms with Crippen LogP contribution in [-0.4, -0.2) is 16.1 Å². The average Bonchev–Trinajstić information content (AvgIpc) is 1.84. The van der Waals surface area contributed by atoms with Gasteiger partial charge in [-0.05, 0) is 12.8 Å². The molecule has 2 heteroatoms. The Bertz CT molecular complexity index is 80.6. The highest BCUT2D eigenvalue weighted by atomic mass is 32.1. The van der Waals surface area contributed by atoms with Gasteiger partial charge in [-0.15, -0.1) is 0 Å². The van der Waals surface area contributed by atoms with Gasteiger partial charge in [-0.3, -0.25) is 0 Å². The van der Waals surface area contributed by atoms with Gasteiger partial charge in [0.25, 0.3) is 0 Å². The first kappa shape index (κ1) is 8.05. The first-order chi connectivity index (χ1) is 3.72. The highest BCUT2D eigenvalue weighted by molar-refractivity contribution is 7.80. The fourth-order valence-electron chi connectivity index (χ4n) is 0.463. The first-order valence-electron chi connectivity index (χ1n) is 2.93. The van der Waals surface area contributed by atoms with E-state index in [2.05, 4.69) is 0 Å². The Balaban J connectivity index is 3.46. The first-order valence-corrected chi connectivity index (χ1v) is 3.34. The van der Waals surface area contributed by atoms with Crippen LogP contribution in [0.2, 0.25) is 0 Å². The molecule has 0 fully saturated rings. The van der Waals surface area contributed by atoms with Crippen molar-refractivity contribution in [1.29, 1.82) is 0 Å². The molecule has 0 aliphatic heterocycles. The molecule has 0 bridgehead atoms. The fourth-order valence-corrected chi connectivity index (χ4v) is 0.630. The maximum atomic E-state index is 8.99. The molecule has 0 radical (unpaired) electrons. The van der Waals surface area contributed by atoms with Crippen molar-refractivity contribution < 1.29 is 5.11 Å². The zero-order valence-corrected chi connectivity index (χ0v) is 6.16. The molecule has 0 aliphatic rings. The van der Waals surface area contributed by atoms with E-state index in [-0.39, 0.29) is 6.10 Å². The lowest BCUT2D eigenvalue weighted by molar-refractivity contribution is 0.238. The smallest absolute Gasteiger partial charge is 0.0849 e. The van der Waals surface area contributed by atoms with E-state index in [1.807, 2.05) is 13.8 Å². The Hall–Kier alpha value is 0.0500. The molecule has 1 nitrogen and oxygen atoms in total. The average molecular weight is 132 g/mol. The highest BCUT2D eigenvalue weighted by Gasteiger charge is 2.03. The van der Waals surface area contributed by atoms with E-state index >= 15 is 0 Å². The number of aliphatic hydroxyl groups is 1. The minimum Gasteiger partial charge on any atom is -0.388 e. The van der Waals surface area contributed by atoms with E-state index in [9.17, 15) is 0 Å². The van der Waals surface area contributed by atoms with E-state index in [1.165, 1.54) is 0 Å². The molecular weight excluding hydrogens is 120 g/mol. The largest absolute Gasteiger partial charge is 0.388 e. The third-order valence-corrected chi connectivity index (χ3v) is 1.67. The summed E-state index contributed by atoms with van der Waals surface area (Å²) in [6, 6.07) is 0. The molecule has 0 spiro atoms. The number of rotatable bonds is 3. The van der Waals surface area contributed by atoms with Crippen molar-refractivity contribution in [2.45, 2.75) is 32.8 Å². The van der Waals surface area contributed by atoms with Crippen LogP contribution in [0.5, 0.6) is 0 Å². The normalized spacial score (nSPS) is 13.4. The monoisotopic (exact) mass is 132 g/mol. The molecule has 1 N–H and O–H groups in total. The molecule has 48 valence electrons. The maximum Gasteiger partial charge on any atom is 0.0849 e. The molecule has 0 aromatic rings. The summed E-state index contributed by atoms with van der Waals surface area (Å²) in [5, 5.41) is 8.99. The molecule has 0 aromatic heterocycles. The van der Waals surface area contributed by atoms with Crippen LogP contribution in [0, 0.1) is 0 Å². The van der Waals surface area contributed by atoms with Crippen molar-refractivity contribution in [1.82, 2.24) is 0 Å². The Morgan fingerprint density at radius 2 is 2.12 bits per heavy atom. The maximum absolute atomic E-state index is 8.99. The summed E-state index contributed by atoms with van der Waals surface area (Å²) in [5.41, 5.74) is 0. The Morgan fingerprint density at radius 3 is 2.25 bits per heavy atom. The lowest BCUT2D eigenvalue weighted by atomic mass is 10.2. The molecule has 1 unspecified atom stereocenters. The van der Waals surface area contributed by atoms with Gasteiger partial charge >= 0.3 is 0 Å². The Labute approximate surface area is 55.7 Å². The lowest BCUT2D eigenvalue weighted by Gasteiger charge is -2.04. The van der Waals surface area contributed by atoms with Gasteiger partial charge in [0.1, 0.15) is 0 Å². The molecular formula is C6H12OS. The molecule has 0 heterocycles. The number of hydrogen-bond acceptors (Lipinski definition) is 2. The van der Waals surface area contributed by atoms with Crippen LogP contribution >= 0.6 is 12.2 Å². The molecule has 0 rings (SSSR count). The van der Waals surface area contributed by atoms with Crippen LogP contribution in [0.3, 0.4) is 0 Å². The second-order valence-electron chi connectivity index (χ2n) is 1.74. The van der Waals surface area contributed by atoms with Gasteiger partial charge in [0.2, 0.25) is 0 Å². The van der Waals surface area contributed by atoms with Crippen molar-refractivity contribution in [3.63, 3.8) is 0 Å². The third kappa shape index (κ3) is 2.38. The summed E-state index contributed by atoms with van der Waals surface area (Å²) in [5.74, 6) is 0. The van der Waals surface area contributed by atoms with E-state index in [0.29, 0.717) is 0 Å². The van der Waals surface area contributed by atoms with Crippen molar-refractivity contribution in [2.75, 3.05) is 0 Å². The number of aliphatic hydroxyl groups excluding tert-OH is 1. The van der Waals surface area contributed by atoms with Gasteiger partial charge in [-0.1, -0.05) is 26.1 Å². The quantitative estimate of drug-likeness (QED) is 0.588. The zero-order valence-electron chi connectivity index (χ0n) is 5.35. The van der Waals surface area contributed by atoms with Gasteiger partial charge in [0.15, 0.2) is 0 Å². The van der Waals surface area contributed by atoms with E-state index in [0.717, 1.165) is 17.7 Å². The Morgan fingerprint density at radius 1 is 1.62 bits per heavy atom. The van der Waals surface area contributed by atoms with Crippen molar-refractivity contribution >= 4 is 17.1 Å². The molecule has 0 saturated carbocycles. The summed E-state index contributed by atoms with van der Waals surface area (Å²) < 4.78 is 0. The van der Waals surface area contributed by atoms with Crippen LogP contribution in [0.4, 0.5) is 0 Å². The minimum atomic E-state index is -0.352. The summed E-state index contributed by atoms with van der Waals surface area (Å²) in [6.45, 7) is 3.88. The standard InChI is InChI=1S/C6H12OS/c1-3-5(7)6(8)4-2/h5,7H,3-4H2,1-2H3. The molecule has 0 saturated heterocycles. The van der Waals surface area contributed by atoms with Gasteiger partial charge < -0.3 is 5.11 Å². The predicted molar refractivity (Wildman–Crippen MR) is 39.2 cm³/mol. The fraction of sp³-hybridized carbons (Fsp3) is 0.833. The highest BCUT2D eigenvalue weighted by Crippen LogP contribution is 1.97. The van der Waals surface area contributed by atoms with E-state index in [1.54, 1.807) is 0 Å². The summed E-state index contributed by atoms with van der Waals surface area (Å²) >= 11 is 4.83. The lowest BCUT2D eigenvalue weighted by Crippen LogP contribution is -2.15. The van der Waals surface area contributed by atoms with Gasteiger partial charge in [0.05, 0.1) is 6.10 Å². The Kier molecular flexibility index (Phi) is 4.01. The number of hydrogen-bond donors (Lipinski definition) is 1. The van der Waals surface area contributed by atoms with Crippen molar-refractivity contribution in [3.8, 4) is 0 Å². The second kappa shape index (κ2) is 3.98. The topological polar surface area (TPSA) is 20.2 Å². The van der Waals surface area contributed by atoms with Crippen LogP contribution in [0.1, 0.15) is 26.7 Å². The zero-order chi connectivity index (χ0) is 6.57. The summed E-state index contributed by atoms with van der Waals surface area (Å²) in [4.78, 5) is 0.771. The minimum absolute atomic E-state index is 0.352. The van der Waals surface area contributed by atoms with Crippen molar-refractivity contribution in [2.24, 2.45) is 0 Å². The summed E-state index contributed by atoms with van der Waals surface area (Å²) in [6.07, 6.45) is 1.20. The van der Waals surface area contributed by atoms with Gasteiger partial charge in [-0.2, -0.15) is 0 Å².